The standard InChI is InChI=1S/C5H5FN2O2/c6-3-8-4(9)1-2-7-5(8)10/h1-2H,3H2,(H,7,10). The third kappa shape index (κ3) is 0.975. The Kier molecular flexibility index (Phi) is 1.66. The van der Waals surface area contributed by atoms with Gasteiger partial charge in [-0.3, -0.25) is 4.79 Å². The third-order valence-electron chi connectivity index (χ3n) is 1.06. The molecule has 4 nitrogen and oxygen atoms in total. The zero-order valence-electron chi connectivity index (χ0n) is 5.00. The maximum atomic E-state index is 11.8. The lowest BCUT2D eigenvalue weighted by Gasteiger charge is -1.92. The first-order valence-corrected chi connectivity index (χ1v) is 2.60. The molecule has 0 aromatic carbocycles. The van der Waals surface area contributed by atoms with Crippen LogP contribution in [0.4, 0.5) is 4.39 Å². The van der Waals surface area contributed by atoms with E-state index < -0.39 is 18.0 Å². The van der Waals surface area contributed by atoms with E-state index in [9.17, 15) is 14.0 Å². The number of H-pyrrole nitrogens is 1. The summed E-state index contributed by atoms with van der Waals surface area (Å²) in [6.07, 6.45) is 1.18. The Morgan fingerprint density at radius 2 is 2.30 bits per heavy atom. The van der Waals surface area contributed by atoms with Crippen molar-refractivity contribution in [1.29, 1.82) is 0 Å². The number of aromatic nitrogens is 2. The minimum absolute atomic E-state index is 0.458. The Hall–Kier alpha value is -1.39. The summed E-state index contributed by atoms with van der Waals surface area (Å²) in [5, 5.41) is 0. The van der Waals surface area contributed by atoms with Gasteiger partial charge in [-0.15, -0.1) is 0 Å². The number of nitrogens with zero attached hydrogens (tertiary/aromatic N) is 1. The lowest BCUT2D eigenvalue weighted by atomic mass is 10.6. The molecule has 0 radical (unpaired) electrons. The minimum Gasteiger partial charge on any atom is -0.314 e. The maximum absolute atomic E-state index is 11.8. The number of aromatic amines is 1. The molecular weight excluding hydrogens is 139 g/mol. The second kappa shape index (κ2) is 2.47. The molecule has 0 saturated carbocycles. The fourth-order valence-electron chi connectivity index (χ4n) is 0.565. The lowest BCUT2D eigenvalue weighted by molar-refractivity contribution is 0.357. The van der Waals surface area contributed by atoms with Crippen molar-refractivity contribution in [3.63, 3.8) is 0 Å². The number of alkyl halides is 1. The van der Waals surface area contributed by atoms with E-state index in [1.165, 1.54) is 6.20 Å². The van der Waals surface area contributed by atoms with Crippen LogP contribution in [0.25, 0.3) is 0 Å². The predicted molar refractivity (Wildman–Crippen MR) is 32.4 cm³/mol. The molecule has 0 atom stereocenters. The van der Waals surface area contributed by atoms with E-state index in [1.54, 1.807) is 0 Å². The molecule has 10 heavy (non-hydrogen) atoms. The summed E-state index contributed by atoms with van der Waals surface area (Å²) in [7, 11) is 0. The van der Waals surface area contributed by atoms with Crippen molar-refractivity contribution >= 4 is 0 Å². The smallest absolute Gasteiger partial charge is 0.314 e. The van der Waals surface area contributed by atoms with Crippen LogP contribution in [0.3, 0.4) is 0 Å². The van der Waals surface area contributed by atoms with Gasteiger partial charge in [-0.05, 0) is 0 Å². The molecule has 5 heteroatoms. The fraction of sp³-hybridized carbons (Fsp3) is 0.200. The van der Waals surface area contributed by atoms with Gasteiger partial charge in [0.1, 0.15) is 0 Å². The Morgan fingerprint density at radius 3 is 2.70 bits per heavy atom. The number of halogens is 1. The van der Waals surface area contributed by atoms with Gasteiger partial charge in [0.25, 0.3) is 5.56 Å². The fourth-order valence-corrected chi connectivity index (χ4v) is 0.565. The van der Waals surface area contributed by atoms with Crippen LogP contribution in [0.2, 0.25) is 0 Å². The first-order valence-electron chi connectivity index (χ1n) is 2.60. The van der Waals surface area contributed by atoms with Crippen molar-refractivity contribution in [3.8, 4) is 0 Å². The van der Waals surface area contributed by atoms with Gasteiger partial charge in [-0.25, -0.2) is 13.8 Å². The SMILES string of the molecule is O=c1cc[nH]c(=O)n1CF. The molecule has 1 N–H and O–H groups in total. The summed E-state index contributed by atoms with van der Waals surface area (Å²) in [6.45, 7) is -1.09. The second-order valence-corrected chi connectivity index (χ2v) is 1.67. The van der Waals surface area contributed by atoms with Gasteiger partial charge in [0, 0.05) is 12.3 Å². The number of hydrogen-bond acceptors (Lipinski definition) is 2. The number of hydrogen-bond donors (Lipinski definition) is 1. The van der Waals surface area contributed by atoms with Crippen molar-refractivity contribution in [2.45, 2.75) is 6.80 Å². The maximum Gasteiger partial charge on any atom is 0.330 e. The van der Waals surface area contributed by atoms with Crippen molar-refractivity contribution in [1.82, 2.24) is 9.55 Å². The molecule has 0 spiro atoms. The second-order valence-electron chi connectivity index (χ2n) is 1.67. The van der Waals surface area contributed by atoms with E-state index in [-0.39, 0.29) is 0 Å². The Bertz CT molecular complexity index is 299. The van der Waals surface area contributed by atoms with Gasteiger partial charge in [0.15, 0.2) is 6.80 Å². The molecule has 0 bridgehead atoms. The zero-order valence-corrected chi connectivity index (χ0v) is 5.00. The Balaban J connectivity index is 3.46. The molecule has 54 valence electrons. The Morgan fingerprint density at radius 1 is 1.60 bits per heavy atom. The zero-order chi connectivity index (χ0) is 7.56. The van der Waals surface area contributed by atoms with Crippen LogP contribution in [-0.2, 0) is 6.80 Å². The summed E-state index contributed by atoms with van der Waals surface area (Å²) in [5.74, 6) is 0. The van der Waals surface area contributed by atoms with Crippen LogP contribution in [0, 0.1) is 0 Å². The van der Waals surface area contributed by atoms with Crippen molar-refractivity contribution < 1.29 is 4.39 Å². The van der Waals surface area contributed by atoms with Gasteiger partial charge < -0.3 is 4.98 Å². The largest absolute Gasteiger partial charge is 0.330 e. The Labute approximate surface area is 54.9 Å². The predicted octanol–water partition coefficient (Wildman–Crippen LogP) is -0.536. The molecule has 0 aliphatic rings. The van der Waals surface area contributed by atoms with E-state index in [0.29, 0.717) is 4.57 Å². The molecule has 0 aliphatic heterocycles. The summed E-state index contributed by atoms with van der Waals surface area (Å²) >= 11 is 0. The molecular formula is C5H5FN2O2. The highest BCUT2D eigenvalue weighted by Gasteiger charge is 1.95. The quantitative estimate of drug-likeness (QED) is 0.575. The summed E-state index contributed by atoms with van der Waals surface area (Å²) < 4.78 is 12.2. The van der Waals surface area contributed by atoms with Crippen LogP contribution in [0.15, 0.2) is 21.9 Å². The highest BCUT2D eigenvalue weighted by molar-refractivity contribution is 4.81. The average molecular weight is 144 g/mol. The normalized spacial score (nSPS) is 9.70. The van der Waals surface area contributed by atoms with Crippen LogP contribution in [0.1, 0.15) is 0 Å². The van der Waals surface area contributed by atoms with Crippen LogP contribution in [0.5, 0.6) is 0 Å². The number of nitrogens with one attached hydrogen (secondary N) is 1. The molecule has 0 saturated heterocycles. The molecule has 1 rings (SSSR count). The lowest BCUT2D eigenvalue weighted by Crippen LogP contribution is -2.32. The first kappa shape index (κ1) is 6.73. The first-order chi connectivity index (χ1) is 4.75. The van der Waals surface area contributed by atoms with Crippen LogP contribution >= 0.6 is 0 Å². The molecule has 0 fully saturated rings. The van der Waals surface area contributed by atoms with Crippen molar-refractivity contribution in [3.05, 3.63) is 33.1 Å². The third-order valence-corrected chi connectivity index (χ3v) is 1.06. The highest BCUT2D eigenvalue weighted by Crippen LogP contribution is 1.69. The molecule has 1 aromatic heterocycles. The molecule has 1 heterocycles. The van der Waals surface area contributed by atoms with E-state index >= 15 is 0 Å². The monoisotopic (exact) mass is 144 g/mol. The van der Waals surface area contributed by atoms with E-state index in [2.05, 4.69) is 4.98 Å². The molecule has 0 amide bonds. The summed E-state index contributed by atoms with van der Waals surface area (Å²) in [6, 6.07) is 1.08. The number of rotatable bonds is 1. The van der Waals surface area contributed by atoms with E-state index in [4.69, 9.17) is 0 Å². The van der Waals surface area contributed by atoms with Crippen LogP contribution in [-0.4, -0.2) is 9.55 Å². The van der Waals surface area contributed by atoms with E-state index in [1.807, 2.05) is 0 Å². The van der Waals surface area contributed by atoms with E-state index in [0.717, 1.165) is 6.07 Å². The van der Waals surface area contributed by atoms with Crippen LogP contribution < -0.4 is 11.2 Å². The van der Waals surface area contributed by atoms with Gasteiger partial charge in [-0.2, -0.15) is 0 Å². The summed E-state index contributed by atoms with van der Waals surface area (Å²) in [5.41, 5.74) is -1.36. The topological polar surface area (TPSA) is 54.9 Å². The van der Waals surface area contributed by atoms with Crippen molar-refractivity contribution in [2.75, 3.05) is 0 Å². The highest BCUT2D eigenvalue weighted by atomic mass is 19.1. The average Bonchev–Trinajstić information content (AvgIpc) is 1.88. The van der Waals surface area contributed by atoms with Gasteiger partial charge in [-0.1, -0.05) is 0 Å². The molecule has 0 unspecified atom stereocenters. The van der Waals surface area contributed by atoms with Gasteiger partial charge in [0.2, 0.25) is 0 Å². The minimum atomic E-state index is -1.09. The molecule has 1 aromatic rings. The summed E-state index contributed by atoms with van der Waals surface area (Å²) in [4.78, 5) is 23.3. The van der Waals surface area contributed by atoms with Crippen molar-refractivity contribution in [2.24, 2.45) is 0 Å². The van der Waals surface area contributed by atoms with Gasteiger partial charge in [0.05, 0.1) is 0 Å². The molecule has 0 aliphatic carbocycles. The van der Waals surface area contributed by atoms with Gasteiger partial charge >= 0.3 is 5.69 Å².